The van der Waals surface area contributed by atoms with Crippen LogP contribution in [0, 0.1) is 5.92 Å². The first-order chi connectivity index (χ1) is 18.9. The molecule has 3 heterocycles. The number of ether oxygens (including phenoxy) is 1. The maximum Gasteiger partial charge on any atom is 0.152 e. The summed E-state index contributed by atoms with van der Waals surface area (Å²) in [6.45, 7) is 12.4. The first-order valence-electron chi connectivity index (χ1n) is 15.0. The first-order valence-corrected chi connectivity index (χ1v) is 15.0. The fourth-order valence-corrected chi connectivity index (χ4v) is 5.48. The Morgan fingerprint density at radius 2 is 1.92 bits per heavy atom. The van der Waals surface area contributed by atoms with Crippen molar-refractivity contribution in [3.63, 3.8) is 0 Å². The summed E-state index contributed by atoms with van der Waals surface area (Å²) in [5.74, 6) is 2.63. The molecule has 1 saturated heterocycles. The van der Waals surface area contributed by atoms with Gasteiger partial charge in [-0.3, -0.25) is 4.79 Å². The van der Waals surface area contributed by atoms with E-state index in [1.807, 2.05) is 0 Å². The molecule has 1 fully saturated rings. The number of hydrogen-bond acceptors (Lipinski definition) is 7. The van der Waals surface area contributed by atoms with Crippen LogP contribution in [0.5, 0.6) is 0 Å². The van der Waals surface area contributed by atoms with Crippen molar-refractivity contribution >= 4 is 39.2 Å². The molecule has 0 aliphatic carbocycles. The van der Waals surface area contributed by atoms with E-state index >= 15 is 0 Å². The lowest BCUT2D eigenvalue weighted by atomic mass is 9.98. The second kappa shape index (κ2) is 14.1. The number of nitrogens with two attached hydrogens (primary N) is 1. The maximum absolute atomic E-state index is 11.1. The molecule has 1 aliphatic heterocycles. The molecule has 1 aliphatic rings. The van der Waals surface area contributed by atoms with Crippen molar-refractivity contribution in [2.45, 2.75) is 78.7 Å². The minimum atomic E-state index is 0.177. The Balaban J connectivity index is 1.50. The summed E-state index contributed by atoms with van der Waals surface area (Å²) in [6, 6.07) is 6.66. The van der Waals surface area contributed by atoms with Crippen LogP contribution in [0.3, 0.4) is 0 Å². The minimum absolute atomic E-state index is 0.177. The number of carbonyl (C=O) groups excluding carboxylic acids is 1. The number of hydrogen-bond donors (Lipinski definition) is 1. The predicted octanol–water partition coefficient (Wildman–Crippen LogP) is 5.45. The molecule has 0 radical (unpaired) electrons. The van der Waals surface area contributed by atoms with Gasteiger partial charge in [-0.1, -0.05) is 20.3 Å². The van der Waals surface area contributed by atoms with E-state index in [4.69, 9.17) is 20.4 Å². The molecule has 2 aromatic heterocycles. The summed E-state index contributed by atoms with van der Waals surface area (Å²) in [6.07, 6.45) is 8.33. The molecule has 8 heteroatoms. The highest BCUT2D eigenvalue weighted by molar-refractivity contribution is 6.07. The molecule has 2 N–H and O–H groups in total. The third-order valence-electron chi connectivity index (χ3n) is 8.06. The van der Waals surface area contributed by atoms with Crippen molar-refractivity contribution < 1.29 is 9.53 Å². The molecule has 0 bridgehead atoms. The summed E-state index contributed by atoms with van der Waals surface area (Å²) in [5, 5.41) is 1.16. The van der Waals surface area contributed by atoms with Crippen molar-refractivity contribution in [3.8, 4) is 0 Å². The molecule has 0 unspecified atom stereocenters. The molecule has 4 rings (SSSR count). The zero-order valence-corrected chi connectivity index (χ0v) is 24.5. The molecule has 0 spiro atoms. The lowest BCUT2D eigenvalue weighted by molar-refractivity contribution is -0.118. The molecule has 0 amide bonds. The largest absolute Gasteiger partial charge is 0.382 e. The number of imidazole rings is 1. The highest BCUT2D eigenvalue weighted by atomic mass is 16.5. The van der Waals surface area contributed by atoms with Crippen LogP contribution in [0.25, 0.3) is 21.9 Å². The zero-order valence-electron chi connectivity index (χ0n) is 24.5. The van der Waals surface area contributed by atoms with Crippen molar-refractivity contribution in [1.29, 1.82) is 0 Å². The Labute approximate surface area is 233 Å². The fourth-order valence-electron chi connectivity index (χ4n) is 5.48. The van der Waals surface area contributed by atoms with Crippen LogP contribution in [0.2, 0.25) is 0 Å². The van der Waals surface area contributed by atoms with Crippen molar-refractivity contribution in [2.24, 2.45) is 5.92 Å². The van der Waals surface area contributed by atoms with Gasteiger partial charge in [0.15, 0.2) is 5.82 Å². The number of nitrogen functional groups attached to an aromatic ring is 1. The Hall–Kier alpha value is -2.71. The minimum Gasteiger partial charge on any atom is -0.382 e. The van der Waals surface area contributed by atoms with E-state index in [2.05, 4.69) is 53.5 Å². The highest BCUT2D eigenvalue weighted by Crippen LogP contribution is 2.33. The normalized spacial score (nSPS) is 14.7. The number of anilines is 2. The first kappa shape index (κ1) is 29.3. The molecular weight excluding hydrogens is 488 g/mol. The van der Waals surface area contributed by atoms with E-state index in [1.54, 1.807) is 6.92 Å². The van der Waals surface area contributed by atoms with E-state index in [1.165, 1.54) is 18.5 Å². The van der Waals surface area contributed by atoms with Crippen LogP contribution >= 0.6 is 0 Å². The van der Waals surface area contributed by atoms with Gasteiger partial charge in [-0.15, -0.1) is 0 Å². The number of Topliss-reactive ketones (excluding diaryl/α,β-unsaturated/α-hetero) is 1. The Morgan fingerprint density at radius 1 is 1.13 bits per heavy atom. The van der Waals surface area contributed by atoms with E-state index in [0.717, 1.165) is 98.5 Å². The number of likely N-dealkylation sites (N-methyl/N-ethyl adjacent to an activating group) is 1. The van der Waals surface area contributed by atoms with Crippen LogP contribution in [0.1, 0.15) is 71.5 Å². The lowest BCUT2D eigenvalue weighted by Gasteiger charge is -2.32. The molecule has 3 aromatic rings. The monoisotopic (exact) mass is 536 g/mol. The van der Waals surface area contributed by atoms with Crippen molar-refractivity contribution in [3.05, 3.63) is 24.0 Å². The fraction of sp³-hybridized carbons (Fsp3) is 0.645. The van der Waals surface area contributed by atoms with E-state index < -0.39 is 0 Å². The Bertz CT molecular complexity index is 1230. The average molecular weight is 537 g/mol. The molecule has 0 saturated carbocycles. The van der Waals surface area contributed by atoms with Gasteiger partial charge in [0.1, 0.15) is 17.1 Å². The molecular formula is C31H48N6O2. The SMILES string of the molecule is CCCCc1nc2c(N)nc3ccc(N4CCC(C)CC4)cc3c2n1CCCCN(C)CCOCCC(C)=O. The Morgan fingerprint density at radius 3 is 2.67 bits per heavy atom. The molecule has 39 heavy (non-hydrogen) atoms. The number of unbranched alkanes of at least 4 members (excludes halogenated alkanes) is 2. The van der Waals surface area contributed by atoms with Gasteiger partial charge in [-0.2, -0.15) is 0 Å². The third kappa shape index (κ3) is 7.70. The summed E-state index contributed by atoms with van der Waals surface area (Å²) < 4.78 is 8.03. The van der Waals surface area contributed by atoms with E-state index in [9.17, 15) is 4.79 Å². The topological polar surface area (TPSA) is 89.5 Å². The van der Waals surface area contributed by atoms with E-state index in [-0.39, 0.29) is 5.78 Å². The summed E-state index contributed by atoms with van der Waals surface area (Å²) in [4.78, 5) is 25.7. The molecule has 8 nitrogen and oxygen atoms in total. The van der Waals surface area contributed by atoms with Gasteiger partial charge in [0.25, 0.3) is 0 Å². The second-order valence-electron chi connectivity index (χ2n) is 11.4. The van der Waals surface area contributed by atoms with Gasteiger partial charge in [0.05, 0.1) is 24.2 Å². The average Bonchev–Trinajstić information content (AvgIpc) is 3.29. The number of pyridine rings is 1. The summed E-state index contributed by atoms with van der Waals surface area (Å²) in [7, 11) is 2.14. The van der Waals surface area contributed by atoms with Gasteiger partial charge in [0, 0.05) is 50.1 Å². The number of carbonyl (C=O) groups is 1. The third-order valence-corrected chi connectivity index (χ3v) is 8.06. The number of piperidine rings is 1. The van der Waals surface area contributed by atoms with Crippen LogP contribution in [0.15, 0.2) is 18.2 Å². The zero-order chi connectivity index (χ0) is 27.8. The highest BCUT2D eigenvalue weighted by Gasteiger charge is 2.20. The number of benzene rings is 1. The van der Waals surface area contributed by atoms with Crippen LogP contribution in [0.4, 0.5) is 11.5 Å². The number of fused-ring (bicyclic) bond motifs is 3. The van der Waals surface area contributed by atoms with Gasteiger partial charge in [-0.05, 0) is 76.7 Å². The summed E-state index contributed by atoms with van der Waals surface area (Å²) >= 11 is 0. The van der Waals surface area contributed by atoms with Crippen LogP contribution in [-0.2, 0) is 22.5 Å². The lowest BCUT2D eigenvalue weighted by Crippen LogP contribution is -2.32. The molecule has 214 valence electrons. The van der Waals surface area contributed by atoms with Crippen LogP contribution in [-0.4, -0.2) is 71.7 Å². The van der Waals surface area contributed by atoms with Gasteiger partial charge < -0.3 is 24.8 Å². The number of aromatic nitrogens is 3. The van der Waals surface area contributed by atoms with E-state index in [0.29, 0.717) is 25.5 Å². The van der Waals surface area contributed by atoms with Crippen molar-refractivity contribution in [2.75, 3.05) is 57.1 Å². The standard InChI is InChI=1S/C31H48N6O2/c1-5-6-9-28-34-29-30(37(28)16-8-7-15-35(4)19-21-39-20-14-24(3)38)26-22-25(10-11-27(26)33-31(29)32)36-17-12-23(2)13-18-36/h10-11,22-23H,5-9,12-21H2,1-4H3,(H2,32,33). The quantitative estimate of drug-likeness (QED) is 0.258. The van der Waals surface area contributed by atoms with Gasteiger partial charge in [0.2, 0.25) is 0 Å². The van der Waals surface area contributed by atoms with Crippen LogP contribution < -0.4 is 10.6 Å². The number of ketones is 1. The number of rotatable bonds is 15. The Kier molecular flexibility index (Phi) is 10.6. The maximum atomic E-state index is 11.1. The van der Waals surface area contributed by atoms with Gasteiger partial charge in [-0.25, -0.2) is 9.97 Å². The number of aryl methyl sites for hydroxylation is 2. The summed E-state index contributed by atoms with van der Waals surface area (Å²) in [5.41, 5.74) is 10.7. The molecule has 1 aromatic carbocycles. The predicted molar refractivity (Wildman–Crippen MR) is 162 cm³/mol. The second-order valence-corrected chi connectivity index (χ2v) is 11.4. The molecule has 0 atom stereocenters. The van der Waals surface area contributed by atoms with Gasteiger partial charge >= 0.3 is 0 Å². The number of nitrogens with zero attached hydrogens (tertiary/aromatic N) is 5. The smallest absolute Gasteiger partial charge is 0.152 e. The van der Waals surface area contributed by atoms with Crippen molar-refractivity contribution in [1.82, 2.24) is 19.4 Å².